The fourth-order valence-corrected chi connectivity index (χ4v) is 2.98. The molecular formula is C19H24FN3O. The number of benzene rings is 1. The van der Waals surface area contributed by atoms with Gasteiger partial charge in [-0.25, -0.2) is 9.37 Å². The molecule has 1 aromatic heterocycles. The third kappa shape index (κ3) is 3.41. The van der Waals surface area contributed by atoms with Crippen LogP contribution in [0.4, 0.5) is 4.39 Å². The van der Waals surface area contributed by atoms with Crippen LogP contribution in [-0.2, 0) is 24.9 Å². The summed E-state index contributed by atoms with van der Waals surface area (Å²) >= 11 is 0. The Morgan fingerprint density at radius 1 is 1.33 bits per heavy atom. The Balaban J connectivity index is 1.84. The lowest BCUT2D eigenvalue weighted by Gasteiger charge is -2.29. The van der Waals surface area contributed by atoms with Crippen molar-refractivity contribution in [2.75, 3.05) is 6.54 Å². The Bertz CT molecular complexity index is 820. The standard InChI is InChI=1S/C19H24FN3O/c1-12-5-6-13(9-15(12)20)10-23-8-7-14-16(11-23)21-18(19(2,3)4)22-17(14)24/h5-6,9H,7-8,10-11H2,1-4H3,(H,21,22,24). The van der Waals surface area contributed by atoms with Gasteiger partial charge < -0.3 is 4.98 Å². The maximum Gasteiger partial charge on any atom is 0.254 e. The molecule has 24 heavy (non-hydrogen) atoms. The van der Waals surface area contributed by atoms with Gasteiger partial charge in [-0.05, 0) is 30.5 Å². The van der Waals surface area contributed by atoms with E-state index in [0.29, 0.717) is 25.1 Å². The van der Waals surface area contributed by atoms with Crippen LogP contribution in [0.5, 0.6) is 0 Å². The molecule has 5 heteroatoms. The van der Waals surface area contributed by atoms with Gasteiger partial charge in [-0.2, -0.15) is 0 Å². The lowest BCUT2D eigenvalue weighted by atomic mass is 9.95. The Morgan fingerprint density at radius 2 is 2.08 bits per heavy atom. The number of nitrogens with one attached hydrogen (secondary N) is 1. The van der Waals surface area contributed by atoms with Gasteiger partial charge in [0, 0.05) is 30.6 Å². The first-order valence-corrected chi connectivity index (χ1v) is 8.34. The summed E-state index contributed by atoms with van der Waals surface area (Å²) in [5.74, 6) is 0.545. The first-order valence-electron chi connectivity index (χ1n) is 8.34. The smallest absolute Gasteiger partial charge is 0.254 e. The molecular weight excluding hydrogens is 305 g/mol. The number of hydrogen-bond donors (Lipinski definition) is 1. The van der Waals surface area contributed by atoms with E-state index in [1.165, 1.54) is 0 Å². The van der Waals surface area contributed by atoms with Gasteiger partial charge in [-0.15, -0.1) is 0 Å². The zero-order chi connectivity index (χ0) is 17.5. The van der Waals surface area contributed by atoms with E-state index in [1.54, 1.807) is 13.0 Å². The molecule has 2 aromatic rings. The van der Waals surface area contributed by atoms with Crippen molar-refractivity contribution in [1.82, 2.24) is 14.9 Å². The summed E-state index contributed by atoms with van der Waals surface area (Å²) in [4.78, 5) is 22.1. The Morgan fingerprint density at radius 3 is 2.75 bits per heavy atom. The molecule has 0 bridgehead atoms. The van der Waals surface area contributed by atoms with Gasteiger partial charge in [-0.1, -0.05) is 32.9 Å². The summed E-state index contributed by atoms with van der Waals surface area (Å²) in [7, 11) is 0. The molecule has 2 heterocycles. The Hall–Kier alpha value is -2.01. The number of hydrogen-bond acceptors (Lipinski definition) is 3. The van der Waals surface area contributed by atoms with E-state index >= 15 is 0 Å². The second-order valence-corrected chi connectivity index (χ2v) is 7.63. The lowest BCUT2D eigenvalue weighted by molar-refractivity contribution is 0.239. The van der Waals surface area contributed by atoms with Gasteiger partial charge in [-0.3, -0.25) is 9.69 Å². The van der Waals surface area contributed by atoms with Crippen molar-refractivity contribution >= 4 is 0 Å². The molecule has 1 aliphatic rings. The van der Waals surface area contributed by atoms with E-state index in [1.807, 2.05) is 32.9 Å². The number of fused-ring (bicyclic) bond motifs is 1. The van der Waals surface area contributed by atoms with Gasteiger partial charge in [0.15, 0.2) is 0 Å². The molecule has 0 saturated heterocycles. The van der Waals surface area contributed by atoms with Crippen molar-refractivity contribution in [3.05, 3.63) is 62.6 Å². The van der Waals surface area contributed by atoms with E-state index < -0.39 is 0 Å². The third-order valence-electron chi connectivity index (χ3n) is 4.51. The molecule has 0 aliphatic carbocycles. The summed E-state index contributed by atoms with van der Waals surface area (Å²) in [6, 6.07) is 5.36. The largest absolute Gasteiger partial charge is 0.310 e. The Kier molecular flexibility index (Phi) is 4.30. The van der Waals surface area contributed by atoms with Gasteiger partial charge >= 0.3 is 0 Å². The van der Waals surface area contributed by atoms with Crippen LogP contribution < -0.4 is 5.56 Å². The fourth-order valence-electron chi connectivity index (χ4n) is 2.98. The third-order valence-corrected chi connectivity index (χ3v) is 4.51. The quantitative estimate of drug-likeness (QED) is 0.921. The van der Waals surface area contributed by atoms with Crippen LogP contribution in [-0.4, -0.2) is 21.4 Å². The molecule has 0 amide bonds. The number of rotatable bonds is 2. The second kappa shape index (κ2) is 6.13. The topological polar surface area (TPSA) is 49.0 Å². The van der Waals surface area contributed by atoms with Gasteiger partial charge in [0.25, 0.3) is 5.56 Å². The molecule has 128 valence electrons. The van der Waals surface area contributed by atoms with E-state index in [-0.39, 0.29) is 16.8 Å². The maximum absolute atomic E-state index is 13.7. The average molecular weight is 329 g/mol. The van der Waals surface area contributed by atoms with Crippen LogP contribution in [0.1, 0.15) is 49.0 Å². The predicted octanol–water partition coefficient (Wildman–Crippen LogP) is 3.07. The lowest BCUT2D eigenvalue weighted by Crippen LogP contribution is -2.36. The molecule has 1 aromatic carbocycles. The van der Waals surface area contributed by atoms with E-state index in [2.05, 4.69) is 9.88 Å². The van der Waals surface area contributed by atoms with Crippen molar-refractivity contribution < 1.29 is 4.39 Å². The summed E-state index contributed by atoms with van der Waals surface area (Å²) < 4.78 is 13.7. The highest BCUT2D eigenvalue weighted by Crippen LogP contribution is 2.21. The van der Waals surface area contributed by atoms with Crippen LogP contribution in [0.3, 0.4) is 0 Å². The zero-order valence-corrected chi connectivity index (χ0v) is 14.7. The number of H-pyrrole nitrogens is 1. The molecule has 1 N–H and O–H groups in total. The summed E-state index contributed by atoms with van der Waals surface area (Å²) in [6.07, 6.45) is 0.677. The summed E-state index contributed by atoms with van der Waals surface area (Å²) in [5, 5.41) is 0. The molecule has 3 rings (SSSR count). The molecule has 0 unspecified atom stereocenters. The molecule has 0 fully saturated rings. The predicted molar refractivity (Wildman–Crippen MR) is 92.5 cm³/mol. The highest BCUT2D eigenvalue weighted by molar-refractivity contribution is 5.25. The van der Waals surface area contributed by atoms with Crippen LogP contribution in [0, 0.1) is 12.7 Å². The number of nitrogens with zero attached hydrogens (tertiary/aromatic N) is 2. The van der Waals surface area contributed by atoms with Crippen molar-refractivity contribution in [3.63, 3.8) is 0 Å². The number of aryl methyl sites for hydroxylation is 1. The minimum absolute atomic E-state index is 0.0223. The van der Waals surface area contributed by atoms with E-state index in [9.17, 15) is 9.18 Å². The van der Waals surface area contributed by atoms with Crippen molar-refractivity contribution in [2.45, 2.75) is 52.6 Å². The molecule has 4 nitrogen and oxygen atoms in total. The van der Waals surface area contributed by atoms with Crippen molar-refractivity contribution in [3.8, 4) is 0 Å². The first kappa shape index (κ1) is 16.8. The fraction of sp³-hybridized carbons (Fsp3) is 0.474. The van der Waals surface area contributed by atoms with Gasteiger partial charge in [0.1, 0.15) is 11.6 Å². The number of aromatic amines is 1. The highest BCUT2D eigenvalue weighted by atomic mass is 19.1. The average Bonchev–Trinajstić information content (AvgIpc) is 2.50. The maximum atomic E-state index is 13.7. The van der Waals surface area contributed by atoms with E-state index in [0.717, 1.165) is 29.2 Å². The second-order valence-electron chi connectivity index (χ2n) is 7.63. The number of halogens is 1. The monoisotopic (exact) mass is 329 g/mol. The van der Waals surface area contributed by atoms with Gasteiger partial charge in [0.05, 0.1) is 5.69 Å². The van der Waals surface area contributed by atoms with Gasteiger partial charge in [0.2, 0.25) is 0 Å². The normalized spacial score (nSPS) is 15.4. The zero-order valence-electron chi connectivity index (χ0n) is 14.7. The summed E-state index contributed by atoms with van der Waals surface area (Å²) in [5.41, 5.74) is 3.02. The van der Waals surface area contributed by atoms with Crippen LogP contribution in [0.15, 0.2) is 23.0 Å². The molecule has 0 atom stereocenters. The number of aromatic nitrogens is 2. The molecule has 0 saturated carbocycles. The van der Waals surface area contributed by atoms with Crippen LogP contribution >= 0.6 is 0 Å². The van der Waals surface area contributed by atoms with Crippen LogP contribution in [0.2, 0.25) is 0 Å². The van der Waals surface area contributed by atoms with E-state index in [4.69, 9.17) is 4.98 Å². The van der Waals surface area contributed by atoms with Crippen molar-refractivity contribution in [1.29, 1.82) is 0 Å². The van der Waals surface area contributed by atoms with Crippen LogP contribution in [0.25, 0.3) is 0 Å². The first-order chi connectivity index (χ1) is 11.2. The minimum atomic E-state index is -0.198. The molecule has 0 radical (unpaired) electrons. The SMILES string of the molecule is Cc1ccc(CN2CCc3c(nc(C(C)(C)C)[nH]c3=O)C2)cc1F. The summed E-state index contributed by atoms with van der Waals surface area (Å²) in [6.45, 7) is 9.93. The molecule has 0 spiro atoms. The highest BCUT2D eigenvalue weighted by Gasteiger charge is 2.24. The molecule has 1 aliphatic heterocycles. The minimum Gasteiger partial charge on any atom is -0.310 e. The van der Waals surface area contributed by atoms with Crippen molar-refractivity contribution in [2.24, 2.45) is 0 Å². The Labute approximate surface area is 141 Å².